The monoisotopic (exact) mass is 390 g/mol. The number of fused-ring (bicyclic) bond motifs is 1. The van der Waals surface area contributed by atoms with Gasteiger partial charge in [0.05, 0.1) is 30.0 Å². The molecule has 0 unspecified atom stereocenters. The summed E-state index contributed by atoms with van der Waals surface area (Å²) in [6.07, 6.45) is 2.15. The van der Waals surface area contributed by atoms with E-state index in [1.807, 2.05) is 50.2 Å². The first-order valence-electron chi connectivity index (χ1n) is 10.0. The molecule has 1 aliphatic heterocycles. The van der Waals surface area contributed by atoms with Gasteiger partial charge in [-0.05, 0) is 56.5 Å². The molecule has 1 saturated heterocycles. The third-order valence-corrected chi connectivity index (χ3v) is 5.37. The number of nitrogens with zero attached hydrogens (tertiary/aromatic N) is 1. The van der Waals surface area contributed by atoms with E-state index < -0.39 is 0 Å². The van der Waals surface area contributed by atoms with Gasteiger partial charge in [-0.25, -0.2) is 4.98 Å². The summed E-state index contributed by atoms with van der Waals surface area (Å²) in [6, 6.07) is 13.7. The highest BCUT2D eigenvalue weighted by Gasteiger charge is 2.19. The number of carbonyl (C=O) groups is 1. The molecule has 150 valence electrons. The maximum atomic E-state index is 13.1. The number of carbonyl (C=O) groups excluding carboxylic acids is 1. The number of aromatic nitrogens is 1. The van der Waals surface area contributed by atoms with E-state index in [-0.39, 0.29) is 12.0 Å². The Bertz CT molecular complexity index is 1060. The van der Waals surface area contributed by atoms with Gasteiger partial charge >= 0.3 is 0 Å². The van der Waals surface area contributed by atoms with Crippen molar-refractivity contribution in [3.63, 3.8) is 0 Å². The lowest BCUT2D eigenvalue weighted by molar-refractivity contribution is 0.0859. The van der Waals surface area contributed by atoms with Gasteiger partial charge in [0.2, 0.25) is 0 Å². The second-order valence-electron chi connectivity index (χ2n) is 7.61. The van der Waals surface area contributed by atoms with Crippen LogP contribution in [0.25, 0.3) is 22.2 Å². The van der Waals surface area contributed by atoms with Crippen LogP contribution in [0.5, 0.6) is 5.75 Å². The topological polar surface area (TPSA) is 60.5 Å². The van der Waals surface area contributed by atoms with Crippen LogP contribution in [0.15, 0.2) is 42.5 Å². The van der Waals surface area contributed by atoms with Gasteiger partial charge in [0.15, 0.2) is 0 Å². The second-order valence-corrected chi connectivity index (χ2v) is 7.61. The van der Waals surface area contributed by atoms with Gasteiger partial charge in [-0.15, -0.1) is 0 Å². The summed E-state index contributed by atoms with van der Waals surface area (Å²) in [5, 5.41) is 3.93. The molecule has 29 heavy (non-hydrogen) atoms. The highest BCUT2D eigenvalue weighted by atomic mass is 16.5. The lowest BCUT2D eigenvalue weighted by Gasteiger charge is -2.15. The van der Waals surface area contributed by atoms with Crippen LogP contribution in [-0.4, -0.2) is 37.3 Å². The molecule has 1 aromatic heterocycles. The maximum absolute atomic E-state index is 13.1. The molecule has 1 fully saturated rings. The van der Waals surface area contributed by atoms with Crippen LogP contribution in [0.2, 0.25) is 0 Å². The number of rotatable bonds is 5. The van der Waals surface area contributed by atoms with E-state index in [2.05, 4.69) is 11.4 Å². The van der Waals surface area contributed by atoms with E-state index >= 15 is 0 Å². The summed E-state index contributed by atoms with van der Waals surface area (Å²) in [5.74, 6) is 0.663. The molecule has 0 saturated carbocycles. The van der Waals surface area contributed by atoms with Crippen molar-refractivity contribution in [3.05, 3.63) is 59.2 Å². The Hall–Kier alpha value is -2.92. The van der Waals surface area contributed by atoms with E-state index in [4.69, 9.17) is 14.5 Å². The zero-order valence-corrected chi connectivity index (χ0v) is 17.1. The molecule has 3 aromatic rings. The predicted octanol–water partition coefficient (Wildman–Crippen LogP) is 4.44. The molecule has 1 amide bonds. The third kappa shape index (κ3) is 4.10. The molecule has 1 N–H and O–H groups in total. The van der Waals surface area contributed by atoms with Crippen LogP contribution in [-0.2, 0) is 4.74 Å². The summed E-state index contributed by atoms with van der Waals surface area (Å²) in [6.45, 7) is 5.38. The van der Waals surface area contributed by atoms with Crippen molar-refractivity contribution >= 4 is 16.8 Å². The number of benzene rings is 2. The molecule has 0 bridgehead atoms. The first-order chi connectivity index (χ1) is 14.0. The number of ether oxygens (including phenoxy) is 2. The Morgan fingerprint density at radius 2 is 2.10 bits per heavy atom. The molecule has 5 nitrogen and oxygen atoms in total. The SMILES string of the molecule is COc1cccc(-c2cc(C(=O)NC[C@@H]3CCCO3)c3cc(C)cc(C)c3n2)c1. The number of hydrogen-bond donors (Lipinski definition) is 1. The zero-order valence-electron chi connectivity index (χ0n) is 17.1. The van der Waals surface area contributed by atoms with Crippen LogP contribution >= 0.6 is 0 Å². The number of methoxy groups -OCH3 is 1. The van der Waals surface area contributed by atoms with E-state index in [0.717, 1.165) is 58.5 Å². The second kappa shape index (κ2) is 8.21. The van der Waals surface area contributed by atoms with Gasteiger partial charge in [0, 0.05) is 24.1 Å². The summed E-state index contributed by atoms with van der Waals surface area (Å²) < 4.78 is 11.0. The van der Waals surface area contributed by atoms with Crippen LogP contribution in [0, 0.1) is 13.8 Å². The van der Waals surface area contributed by atoms with E-state index in [9.17, 15) is 4.79 Å². The zero-order chi connectivity index (χ0) is 20.4. The molecule has 2 heterocycles. The van der Waals surface area contributed by atoms with Gasteiger partial charge in [0.25, 0.3) is 5.91 Å². The standard InChI is InChI=1S/C24H26N2O3/c1-15-10-16(2)23-20(11-15)21(24(27)25-14-19-8-5-9-29-19)13-22(26-23)17-6-4-7-18(12-17)28-3/h4,6-7,10-13,19H,5,8-9,14H2,1-3H3,(H,25,27)/t19-/m0/s1. The Morgan fingerprint density at radius 1 is 1.24 bits per heavy atom. The Morgan fingerprint density at radius 3 is 2.86 bits per heavy atom. The summed E-state index contributed by atoms with van der Waals surface area (Å²) in [7, 11) is 1.64. The number of amides is 1. The molecule has 0 radical (unpaired) electrons. The third-order valence-electron chi connectivity index (χ3n) is 5.37. The number of pyridine rings is 1. The van der Waals surface area contributed by atoms with Crippen LogP contribution in [0.3, 0.4) is 0 Å². The normalized spacial score (nSPS) is 16.2. The minimum Gasteiger partial charge on any atom is -0.497 e. The van der Waals surface area contributed by atoms with Crippen LogP contribution < -0.4 is 10.1 Å². The van der Waals surface area contributed by atoms with Crippen molar-refractivity contribution in [2.75, 3.05) is 20.3 Å². The summed E-state index contributed by atoms with van der Waals surface area (Å²) in [5.41, 5.74) is 5.32. The average molecular weight is 390 g/mol. The molecule has 5 heteroatoms. The van der Waals surface area contributed by atoms with Crippen molar-refractivity contribution in [1.29, 1.82) is 0 Å². The van der Waals surface area contributed by atoms with Gasteiger partial charge in [-0.2, -0.15) is 0 Å². The lowest BCUT2D eigenvalue weighted by Crippen LogP contribution is -2.32. The summed E-state index contributed by atoms with van der Waals surface area (Å²) in [4.78, 5) is 18.0. The van der Waals surface area contributed by atoms with Gasteiger partial charge < -0.3 is 14.8 Å². The number of hydrogen-bond acceptors (Lipinski definition) is 4. The highest BCUT2D eigenvalue weighted by Crippen LogP contribution is 2.29. The molecule has 0 aliphatic carbocycles. The molecule has 2 aromatic carbocycles. The van der Waals surface area contributed by atoms with E-state index in [1.165, 1.54) is 0 Å². The first kappa shape index (κ1) is 19.4. The Kier molecular flexibility index (Phi) is 5.49. The lowest BCUT2D eigenvalue weighted by atomic mass is 9.99. The average Bonchev–Trinajstić information content (AvgIpc) is 3.25. The first-order valence-corrected chi connectivity index (χ1v) is 10.0. The Balaban J connectivity index is 1.78. The molecule has 1 atom stereocenters. The quantitative estimate of drug-likeness (QED) is 0.700. The molecular formula is C24H26N2O3. The van der Waals surface area contributed by atoms with Gasteiger partial charge in [-0.3, -0.25) is 4.79 Å². The van der Waals surface area contributed by atoms with Gasteiger partial charge in [-0.1, -0.05) is 23.8 Å². The summed E-state index contributed by atoms with van der Waals surface area (Å²) >= 11 is 0. The van der Waals surface area contributed by atoms with Crippen molar-refractivity contribution in [2.24, 2.45) is 0 Å². The van der Waals surface area contributed by atoms with Crippen LogP contribution in [0.1, 0.15) is 34.3 Å². The van der Waals surface area contributed by atoms with E-state index in [0.29, 0.717) is 12.1 Å². The van der Waals surface area contributed by atoms with Gasteiger partial charge in [0.1, 0.15) is 5.75 Å². The minimum atomic E-state index is -0.0953. The molecule has 1 aliphatic rings. The van der Waals surface area contributed by atoms with Crippen LogP contribution in [0.4, 0.5) is 0 Å². The fraction of sp³-hybridized carbons (Fsp3) is 0.333. The number of aryl methyl sites for hydroxylation is 2. The van der Waals surface area contributed by atoms with Crippen molar-refractivity contribution in [1.82, 2.24) is 10.3 Å². The van der Waals surface area contributed by atoms with E-state index in [1.54, 1.807) is 7.11 Å². The van der Waals surface area contributed by atoms with Crippen molar-refractivity contribution in [3.8, 4) is 17.0 Å². The predicted molar refractivity (Wildman–Crippen MR) is 115 cm³/mol. The van der Waals surface area contributed by atoms with Crippen molar-refractivity contribution < 1.29 is 14.3 Å². The Labute approximate surface area is 171 Å². The largest absolute Gasteiger partial charge is 0.497 e. The fourth-order valence-electron chi connectivity index (χ4n) is 3.91. The molecule has 4 rings (SSSR count). The van der Waals surface area contributed by atoms with Crippen molar-refractivity contribution in [2.45, 2.75) is 32.8 Å². The molecular weight excluding hydrogens is 364 g/mol. The fourth-order valence-corrected chi connectivity index (χ4v) is 3.91. The maximum Gasteiger partial charge on any atom is 0.252 e. The minimum absolute atomic E-state index is 0.0953. The smallest absolute Gasteiger partial charge is 0.252 e. The number of nitrogens with one attached hydrogen (secondary N) is 1. The molecule has 0 spiro atoms. The highest BCUT2D eigenvalue weighted by molar-refractivity contribution is 6.08.